The molecular formula is C22H22Cl2F3N5O2S. The van der Waals surface area contributed by atoms with Crippen LogP contribution in [0.3, 0.4) is 0 Å². The van der Waals surface area contributed by atoms with Crippen LogP contribution < -0.4 is 5.32 Å². The maximum absolute atomic E-state index is 13.0. The summed E-state index contributed by atoms with van der Waals surface area (Å²) in [6.07, 6.45) is -3.22. The molecule has 7 nitrogen and oxygen atoms in total. The van der Waals surface area contributed by atoms with Gasteiger partial charge in [0.15, 0.2) is 0 Å². The first-order valence-corrected chi connectivity index (χ1v) is 12.9. The van der Waals surface area contributed by atoms with Crippen LogP contribution in [0.1, 0.15) is 12.5 Å². The fraction of sp³-hybridized carbons (Fsp3) is 0.364. The Balaban J connectivity index is 1.37. The van der Waals surface area contributed by atoms with E-state index < -0.39 is 21.8 Å². The third-order valence-corrected chi connectivity index (χ3v) is 8.37. The third kappa shape index (κ3) is 5.80. The van der Waals surface area contributed by atoms with Crippen LogP contribution in [0.2, 0.25) is 10.0 Å². The fourth-order valence-electron chi connectivity index (χ4n) is 3.95. The van der Waals surface area contributed by atoms with Crippen molar-refractivity contribution >= 4 is 49.9 Å². The van der Waals surface area contributed by atoms with Crippen molar-refractivity contribution in [2.24, 2.45) is 0 Å². The quantitative estimate of drug-likeness (QED) is 0.479. The van der Waals surface area contributed by atoms with Crippen molar-refractivity contribution in [2.45, 2.75) is 24.0 Å². The van der Waals surface area contributed by atoms with E-state index in [4.69, 9.17) is 23.2 Å². The smallest absolute Gasteiger partial charge is 0.366 e. The molecule has 0 unspecified atom stereocenters. The molecule has 0 saturated carbocycles. The van der Waals surface area contributed by atoms with Crippen LogP contribution in [0.15, 0.2) is 47.6 Å². The zero-order valence-corrected chi connectivity index (χ0v) is 20.9. The Morgan fingerprint density at radius 1 is 1.03 bits per heavy atom. The lowest BCUT2D eigenvalue weighted by molar-refractivity contribution is -0.137. The van der Waals surface area contributed by atoms with Crippen molar-refractivity contribution in [3.05, 3.63) is 58.3 Å². The number of alkyl halides is 3. The van der Waals surface area contributed by atoms with E-state index in [2.05, 4.69) is 20.2 Å². The van der Waals surface area contributed by atoms with Crippen LogP contribution in [0.5, 0.6) is 0 Å². The van der Waals surface area contributed by atoms with E-state index in [0.29, 0.717) is 43.9 Å². The minimum atomic E-state index is -4.45. The second kappa shape index (κ2) is 10.1. The molecule has 188 valence electrons. The summed E-state index contributed by atoms with van der Waals surface area (Å²) in [5.74, 6) is 0.442. The standard InChI is InChI=1S/C22H22Cl2F3N5O2S/c1-14(30-21-17-4-2-15(22(25,26)27)10-20(17)28-13-29-21)12-31-6-8-32(9-7-31)35(33,34)16-3-5-18(23)19(24)11-16/h2-5,10-11,13-14H,6-9,12H2,1H3,(H,28,29,30)/t14-/m0/s1. The summed E-state index contributed by atoms with van der Waals surface area (Å²) in [6.45, 7) is 4.18. The SMILES string of the molecule is C[C@@H](CN1CCN(S(=O)(=O)c2ccc(Cl)c(Cl)c2)CC1)Nc1ncnc2cc(C(F)(F)F)ccc12. The Hall–Kier alpha value is -2.18. The van der Waals surface area contributed by atoms with Crippen LogP contribution >= 0.6 is 23.2 Å². The van der Waals surface area contributed by atoms with E-state index in [1.54, 1.807) is 0 Å². The Morgan fingerprint density at radius 2 is 1.74 bits per heavy atom. The first-order valence-electron chi connectivity index (χ1n) is 10.7. The lowest BCUT2D eigenvalue weighted by atomic mass is 10.1. The second-order valence-electron chi connectivity index (χ2n) is 8.28. The molecule has 2 aromatic carbocycles. The highest BCUT2D eigenvalue weighted by atomic mass is 35.5. The second-order valence-corrected chi connectivity index (χ2v) is 11.0. The monoisotopic (exact) mass is 547 g/mol. The van der Waals surface area contributed by atoms with Crippen molar-refractivity contribution in [1.29, 1.82) is 0 Å². The molecule has 0 aliphatic carbocycles. The van der Waals surface area contributed by atoms with Crippen LogP contribution in [-0.4, -0.2) is 66.4 Å². The highest BCUT2D eigenvalue weighted by Crippen LogP contribution is 2.32. The minimum Gasteiger partial charge on any atom is -0.366 e. The van der Waals surface area contributed by atoms with Crippen molar-refractivity contribution in [2.75, 3.05) is 38.0 Å². The summed E-state index contributed by atoms with van der Waals surface area (Å²) < 4.78 is 66.3. The van der Waals surface area contributed by atoms with Crippen molar-refractivity contribution in [3.63, 3.8) is 0 Å². The molecule has 35 heavy (non-hydrogen) atoms. The summed E-state index contributed by atoms with van der Waals surface area (Å²) in [7, 11) is -3.69. The molecule has 0 spiro atoms. The van der Waals surface area contributed by atoms with Gasteiger partial charge in [-0.1, -0.05) is 23.2 Å². The molecule has 4 rings (SSSR count). The molecule has 0 amide bonds. The average Bonchev–Trinajstić information content (AvgIpc) is 2.80. The maximum Gasteiger partial charge on any atom is 0.416 e. The van der Waals surface area contributed by atoms with Gasteiger partial charge in [0, 0.05) is 44.2 Å². The van der Waals surface area contributed by atoms with Gasteiger partial charge in [-0.15, -0.1) is 0 Å². The summed E-state index contributed by atoms with van der Waals surface area (Å²) in [6, 6.07) is 7.51. The van der Waals surface area contributed by atoms with Crippen LogP contribution in [-0.2, 0) is 16.2 Å². The average molecular weight is 548 g/mol. The number of rotatable bonds is 6. The molecule has 1 N–H and O–H groups in total. The molecule has 1 aliphatic heterocycles. The van der Waals surface area contributed by atoms with E-state index in [0.717, 1.165) is 12.1 Å². The molecule has 1 aliphatic rings. The molecule has 1 atom stereocenters. The highest BCUT2D eigenvalue weighted by molar-refractivity contribution is 7.89. The highest BCUT2D eigenvalue weighted by Gasteiger charge is 2.31. The van der Waals surface area contributed by atoms with Crippen molar-refractivity contribution < 1.29 is 21.6 Å². The lowest BCUT2D eigenvalue weighted by Crippen LogP contribution is -2.50. The lowest BCUT2D eigenvalue weighted by Gasteiger charge is -2.35. The van der Waals surface area contributed by atoms with Gasteiger partial charge in [-0.2, -0.15) is 17.5 Å². The topological polar surface area (TPSA) is 78.4 Å². The summed E-state index contributed by atoms with van der Waals surface area (Å²) in [5.41, 5.74) is -0.568. The number of nitrogens with zero attached hydrogens (tertiary/aromatic N) is 4. The molecule has 1 saturated heterocycles. The number of hydrogen-bond donors (Lipinski definition) is 1. The summed E-state index contributed by atoms with van der Waals surface area (Å²) >= 11 is 11.9. The number of anilines is 1. The zero-order chi connectivity index (χ0) is 25.4. The minimum absolute atomic E-state index is 0.0969. The molecular weight excluding hydrogens is 526 g/mol. The van der Waals surface area contributed by atoms with E-state index in [1.165, 1.54) is 34.9 Å². The number of fused-ring (bicyclic) bond motifs is 1. The summed E-state index contributed by atoms with van der Waals surface area (Å²) in [4.78, 5) is 10.4. The molecule has 3 aromatic rings. The van der Waals surface area contributed by atoms with Crippen LogP contribution in [0.4, 0.5) is 19.0 Å². The predicted octanol–water partition coefficient (Wildman–Crippen LogP) is 4.76. The molecule has 2 heterocycles. The van der Waals surface area contributed by atoms with Crippen LogP contribution in [0, 0.1) is 0 Å². The van der Waals surface area contributed by atoms with Gasteiger partial charge >= 0.3 is 6.18 Å². The fourth-order valence-corrected chi connectivity index (χ4v) is 5.77. The normalized spacial score (nSPS) is 17.0. The maximum atomic E-state index is 13.0. The van der Waals surface area contributed by atoms with Gasteiger partial charge in [-0.3, -0.25) is 4.90 Å². The Kier molecular flexibility index (Phi) is 7.44. The number of benzene rings is 2. The molecule has 1 aromatic heterocycles. The van der Waals surface area contributed by atoms with Gasteiger partial charge in [-0.05, 0) is 43.3 Å². The van der Waals surface area contributed by atoms with Gasteiger partial charge in [0.05, 0.1) is 26.0 Å². The van der Waals surface area contributed by atoms with E-state index in [1.807, 2.05) is 6.92 Å². The van der Waals surface area contributed by atoms with Crippen LogP contribution in [0.25, 0.3) is 10.9 Å². The van der Waals surface area contributed by atoms with Gasteiger partial charge in [0.25, 0.3) is 0 Å². The first-order chi connectivity index (χ1) is 16.4. The number of halogens is 5. The molecule has 1 fully saturated rings. The first kappa shape index (κ1) is 25.9. The zero-order valence-electron chi connectivity index (χ0n) is 18.6. The van der Waals surface area contributed by atoms with E-state index >= 15 is 0 Å². The summed E-state index contributed by atoms with van der Waals surface area (Å²) in [5, 5.41) is 4.19. The van der Waals surface area contributed by atoms with Gasteiger partial charge in [0.1, 0.15) is 12.1 Å². The Morgan fingerprint density at radius 3 is 2.40 bits per heavy atom. The van der Waals surface area contributed by atoms with E-state index in [-0.39, 0.29) is 26.5 Å². The molecule has 13 heteroatoms. The van der Waals surface area contributed by atoms with Crippen molar-refractivity contribution in [1.82, 2.24) is 19.2 Å². The van der Waals surface area contributed by atoms with Gasteiger partial charge in [0.2, 0.25) is 10.0 Å². The van der Waals surface area contributed by atoms with Crippen molar-refractivity contribution in [3.8, 4) is 0 Å². The predicted molar refractivity (Wildman–Crippen MR) is 129 cm³/mol. The van der Waals surface area contributed by atoms with Gasteiger partial charge < -0.3 is 5.32 Å². The Labute approximate surface area is 210 Å². The molecule has 0 radical (unpaired) electrons. The largest absolute Gasteiger partial charge is 0.416 e. The number of sulfonamides is 1. The van der Waals surface area contributed by atoms with Gasteiger partial charge in [-0.25, -0.2) is 18.4 Å². The Bertz CT molecular complexity index is 1330. The molecule has 0 bridgehead atoms. The number of nitrogens with one attached hydrogen (secondary N) is 1. The van der Waals surface area contributed by atoms with E-state index in [9.17, 15) is 21.6 Å². The number of piperazine rings is 1. The number of hydrogen-bond acceptors (Lipinski definition) is 6. The third-order valence-electron chi connectivity index (χ3n) is 5.74. The number of aromatic nitrogens is 2.